The number of nitrogens with zero attached hydrogens (tertiary/aromatic N) is 3. The highest BCUT2D eigenvalue weighted by Gasteiger charge is 2.16. The van der Waals surface area contributed by atoms with Crippen molar-refractivity contribution in [2.75, 3.05) is 5.73 Å². The van der Waals surface area contributed by atoms with Crippen molar-refractivity contribution in [3.05, 3.63) is 42.1 Å². The number of hydrogen-bond acceptors (Lipinski definition) is 3. The number of nitrogens with two attached hydrogens (primary N) is 1. The summed E-state index contributed by atoms with van der Waals surface area (Å²) in [7, 11) is 1.87. The number of benzene rings is 1. The number of aromatic nitrogens is 3. The number of aryl methyl sites for hydroxylation is 1. The van der Waals surface area contributed by atoms with Gasteiger partial charge in [0.25, 0.3) is 0 Å². The van der Waals surface area contributed by atoms with Crippen molar-refractivity contribution in [2.45, 2.75) is 13.3 Å². The van der Waals surface area contributed by atoms with Gasteiger partial charge in [0.1, 0.15) is 5.82 Å². The molecule has 96 valence electrons. The van der Waals surface area contributed by atoms with Crippen LogP contribution in [0.1, 0.15) is 12.5 Å². The van der Waals surface area contributed by atoms with Gasteiger partial charge in [-0.15, -0.1) is 0 Å². The third kappa shape index (κ3) is 1.76. The molecule has 0 radical (unpaired) electrons. The first kappa shape index (κ1) is 11.7. The molecular weight excluding hydrogens is 236 g/mol. The molecule has 0 aliphatic heterocycles. The summed E-state index contributed by atoms with van der Waals surface area (Å²) in [6.45, 7) is 2.09. The van der Waals surface area contributed by atoms with Gasteiger partial charge in [-0.1, -0.05) is 31.2 Å². The van der Waals surface area contributed by atoms with Gasteiger partial charge in [-0.25, -0.2) is 0 Å². The number of para-hydroxylation sites is 1. The Hall–Kier alpha value is -2.36. The number of hydrogen-bond donors (Lipinski definition) is 1. The number of nitrogen functional groups attached to an aromatic ring is 1. The molecule has 0 saturated carbocycles. The molecule has 2 aromatic heterocycles. The van der Waals surface area contributed by atoms with Crippen molar-refractivity contribution in [1.29, 1.82) is 0 Å². The second-order valence-electron chi connectivity index (χ2n) is 4.57. The number of rotatable bonds is 2. The molecule has 0 amide bonds. The smallest absolute Gasteiger partial charge is 0.125 e. The van der Waals surface area contributed by atoms with Gasteiger partial charge in [-0.3, -0.25) is 9.67 Å². The van der Waals surface area contributed by atoms with E-state index in [1.165, 1.54) is 0 Å². The van der Waals surface area contributed by atoms with E-state index in [2.05, 4.69) is 35.2 Å². The first-order valence-electron chi connectivity index (χ1n) is 6.37. The van der Waals surface area contributed by atoms with Crippen LogP contribution >= 0.6 is 0 Å². The summed E-state index contributed by atoms with van der Waals surface area (Å²) in [6, 6.07) is 10.1. The molecule has 0 atom stereocenters. The van der Waals surface area contributed by atoms with Crippen LogP contribution in [0.15, 0.2) is 36.5 Å². The van der Waals surface area contributed by atoms with E-state index in [0.29, 0.717) is 0 Å². The molecular formula is C15H16N4. The maximum absolute atomic E-state index is 6.08. The molecule has 0 unspecified atom stereocenters. The van der Waals surface area contributed by atoms with Crippen LogP contribution in [0.3, 0.4) is 0 Å². The molecule has 0 aliphatic carbocycles. The summed E-state index contributed by atoms with van der Waals surface area (Å²) in [4.78, 5) is 4.48. The average molecular weight is 252 g/mol. The largest absolute Gasteiger partial charge is 0.384 e. The van der Waals surface area contributed by atoms with Crippen LogP contribution in [0.2, 0.25) is 0 Å². The Morgan fingerprint density at radius 1 is 1.21 bits per heavy atom. The highest BCUT2D eigenvalue weighted by molar-refractivity contribution is 5.93. The Labute approximate surface area is 111 Å². The Morgan fingerprint density at radius 3 is 2.79 bits per heavy atom. The SMILES string of the molecule is CCc1c(-c2cccc3cccnc23)nn(C)c1N. The molecule has 3 rings (SSSR count). The van der Waals surface area contributed by atoms with Crippen LogP contribution < -0.4 is 5.73 Å². The van der Waals surface area contributed by atoms with Gasteiger partial charge >= 0.3 is 0 Å². The molecule has 0 bridgehead atoms. The van der Waals surface area contributed by atoms with E-state index in [9.17, 15) is 0 Å². The average Bonchev–Trinajstić information content (AvgIpc) is 2.73. The molecule has 0 aliphatic rings. The summed E-state index contributed by atoms with van der Waals surface area (Å²) in [5, 5.41) is 5.67. The van der Waals surface area contributed by atoms with Crippen molar-refractivity contribution in [1.82, 2.24) is 14.8 Å². The summed E-state index contributed by atoms with van der Waals surface area (Å²) < 4.78 is 1.73. The van der Waals surface area contributed by atoms with Crippen LogP contribution in [0.5, 0.6) is 0 Å². The normalized spacial score (nSPS) is 11.1. The molecule has 1 aromatic carbocycles. The van der Waals surface area contributed by atoms with Gasteiger partial charge in [-0.2, -0.15) is 5.10 Å². The van der Waals surface area contributed by atoms with Crippen molar-refractivity contribution in [3.8, 4) is 11.3 Å². The minimum absolute atomic E-state index is 0.727. The van der Waals surface area contributed by atoms with Crippen LogP contribution in [0, 0.1) is 0 Å². The van der Waals surface area contributed by atoms with Crippen LogP contribution in [-0.4, -0.2) is 14.8 Å². The Bertz CT molecular complexity index is 738. The van der Waals surface area contributed by atoms with E-state index < -0.39 is 0 Å². The lowest BCUT2D eigenvalue weighted by atomic mass is 10.0. The van der Waals surface area contributed by atoms with E-state index >= 15 is 0 Å². The van der Waals surface area contributed by atoms with Gasteiger partial charge < -0.3 is 5.73 Å². The first-order chi connectivity index (χ1) is 9.22. The quantitative estimate of drug-likeness (QED) is 0.763. The van der Waals surface area contributed by atoms with Gasteiger partial charge in [0.15, 0.2) is 0 Å². The van der Waals surface area contributed by atoms with E-state index in [-0.39, 0.29) is 0 Å². The molecule has 4 nitrogen and oxygen atoms in total. The van der Waals surface area contributed by atoms with Crippen molar-refractivity contribution < 1.29 is 0 Å². The van der Waals surface area contributed by atoms with Crippen LogP contribution in [-0.2, 0) is 13.5 Å². The predicted octanol–water partition coefficient (Wildman–Crippen LogP) is 2.78. The standard InChI is InChI=1S/C15H16N4/c1-3-11-14(18-19(2)15(11)16)12-8-4-6-10-7-5-9-17-13(10)12/h4-9H,3,16H2,1-2H3. The van der Waals surface area contributed by atoms with Crippen molar-refractivity contribution in [3.63, 3.8) is 0 Å². The minimum Gasteiger partial charge on any atom is -0.384 e. The fourth-order valence-corrected chi connectivity index (χ4v) is 2.44. The Balaban J connectivity index is 2.33. The monoisotopic (exact) mass is 252 g/mol. The topological polar surface area (TPSA) is 56.7 Å². The van der Waals surface area contributed by atoms with Crippen molar-refractivity contribution in [2.24, 2.45) is 7.05 Å². The zero-order chi connectivity index (χ0) is 13.4. The molecule has 3 aromatic rings. The molecule has 19 heavy (non-hydrogen) atoms. The maximum atomic E-state index is 6.08. The second kappa shape index (κ2) is 4.39. The second-order valence-corrected chi connectivity index (χ2v) is 4.57. The minimum atomic E-state index is 0.727. The van der Waals surface area contributed by atoms with E-state index in [1.54, 1.807) is 4.68 Å². The number of pyridine rings is 1. The zero-order valence-corrected chi connectivity index (χ0v) is 11.1. The maximum Gasteiger partial charge on any atom is 0.125 e. The highest BCUT2D eigenvalue weighted by Crippen LogP contribution is 2.31. The summed E-state index contributed by atoms with van der Waals surface area (Å²) in [5.41, 5.74) is 10.1. The first-order valence-corrected chi connectivity index (χ1v) is 6.37. The van der Waals surface area contributed by atoms with Crippen LogP contribution in [0.25, 0.3) is 22.2 Å². The molecule has 0 saturated heterocycles. The summed E-state index contributed by atoms with van der Waals surface area (Å²) >= 11 is 0. The molecule has 2 heterocycles. The fraction of sp³-hybridized carbons (Fsp3) is 0.200. The Kier molecular flexibility index (Phi) is 2.71. The summed E-state index contributed by atoms with van der Waals surface area (Å²) in [5.74, 6) is 0.727. The van der Waals surface area contributed by atoms with Gasteiger partial charge in [0, 0.05) is 29.8 Å². The third-order valence-electron chi connectivity index (χ3n) is 3.44. The molecule has 0 spiro atoms. The lowest BCUT2D eigenvalue weighted by molar-refractivity contribution is 0.782. The molecule has 4 heteroatoms. The fourth-order valence-electron chi connectivity index (χ4n) is 2.44. The van der Waals surface area contributed by atoms with Gasteiger partial charge in [0.05, 0.1) is 11.2 Å². The summed E-state index contributed by atoms with van der Waals surface area (Å²) in [6.07, 6.45) is 2.67. The third-order valence-corrected chi connectivity index (χ3v) is 3.44. The molecule has 0 fully saturated rings. The van der Waals surface area contributed by atoms with E-state index in [0.717, 1.165) is 40.0 Å². The highest BCUT2D eigenvalue weighted by atomic mass is 15.3. The van der Waals surface area contributed by atoms with E-state index in [1.807, 2.05) is 25.4 Å². The lowest BCUT2D eigenvalue weighted by Crippen LogP contribution is -1.98. The van der Waals surface area contributed by atoms with Crippen molar-refractivity contribution >= 4 is 16.7 Å². The predicted molar refractivity (Wildman–Crippen MR) is 77.7 cm³/mol. The van der Waals surface area contributed by atoms with E-state index in [4.69, 9.17) is 5.73 Å². The molecule has 2 N–H and O–H groups in total. The number of anilines is 1. The van der Waals surface area contributed by atoms with Crippen LogP contribution in [0.4, 0.5) is 5.82 Å². The van der Waals surface area contributed by atoms with Gasteiger partial charge in [0.2, 0.25) is 0 Å². The Morgan fingerprint density at radius 2 is 2.00 bits per heavy atom. The zero-order valence-electron chi connectivity index (χ0n) is 11.1. The number of fused-ring (bicyclic) bond motifs is 1. The van der Waals surface area contributed by atoms with Gasteiger partial charge in [-0.05, 0) is 12.5 Å². The lowest BCUT2D eigenvalue weighted by Gasteiger charge is -2.04.